The molecule has 0 aliphatic carbocycles. The van der Waals surface area contributed by atoms with Crippen LogP contribution in [0.5, 0.6) is 11.5 Å². The van der Waals surface area contributed by atoms with E-state index < -0.39 is 0 Å². The molecule has 0 aromatic heterocycles. The van der Waals surface area contributed by atoms with Crippen LogP contribution in [0.1, 0.15) is 24.4 Å². The summed E-state index contributed by atoms with van der Waals surface area (Å²) in [4.78, 5) is 0. The number of ether oxygens (including phenoxy) is 2. The Hall–Kier alpha value is -1.26. The average Bonchev–Trinajstić information content (AvgIpc) is 3.06. The highest BCUT2D eigenvalue weighted by atomic mass is 16.7. The van der Waals surface area contributed by atoms with Crippen LogP contribution in [0.25, 0.3) is 0 Å². The van der Waals surface area contributed by atoms with E-state index in [0.29, 0.717) is 12.8 Å². The summed E-state index contributed by atoms with van der Waals surface area (Å²) in [5.74, 6) is 2.50. The van der Waals surface area contributed by atoms with Gasteiger partial charge in [-0.05, 0) is 56.6 Å². The zero-order chi connectivity index (χ0) is 12.4. The maximum absolute atomic E-state index is 5.44. The number of hydrogen-bond donors (Lipinski definition) is 2. The van der Waals surface area contributed by atoms with Crippen LogP contribution in [0, 0.1) is 5.92 Å². The summed E-state index contributed by atoms with van der Waals surface area (Å²) >= 11 is 0. The normalized spacial score (nSPS) is 23.3. The van der Waals surface area contributed by atoms with Crippen molar-refractivity contribution in [3.63, 3.8) is 0 Å². The Labute approximate surface area is 108 Å². The summed E-state index contributed by atoms with van der Waals surface area (Å²) in [6.45, 7) is 2.64. The molecular weight excluding hydrogens is 228 g/mol. The molecule has 4 heteroatoms. The lowest BCUT2D eigenvalue weighted by molar-refractivity contribution is 0.174. The standard InChI is InChI=1S/C14H20N2O2/c1-15-12(6-10-4-5-16-8-10)11-2-3-13-14(7-11)18-9-17-13/h2-3,7,10,12,15-16H,4-6,8-9H2,1H3. The van der Waals surface area contributed by atoms with Crippen molar-refractivity contribution in [2.24, 2.45) is 5.92 Å². The van der Waals surface area contributed by atoms with Crippen molar-refractivity contribution in [3.8, 4) is 11.5 Å². The lowest BCUT2D eigenvalue weighted by atomic mass is 9.94. The van der Waals surface area contributed by atoms with Gasteiger partial charge >= 0.3 is 0 Å². The zero-order valence-electron chi connectivity index (χ0n) is 10.7. The van der Waals surface area contributed by atoms with Gasteiger partial charge in [0.1, 0.15) is 0 Å². The van der Waals surface area contributed by atoms with Crippen LogP contribution in [0.2, 0.25) is 0 Å². The van der Waals surface area contributed by atoms with E-state index in [0.717, 1.165) is 30.5 Å². The van der Waals surface area contributed by atoms with Crippen LogP contribution in [-0.4, -0.2) is 26.9 Å². The smallest absolute Gasteiger partial charge is 0.231 e. The van der Waals surface area contributed by atoms with E-state index in [1.165, 1.54) is 18.4 Å². The third kappa shape index (κ3) is 2.31. The monoisotopic (exact) mass is 248 g/mol. The predicted octanol–water partition coefficient (Wildman–Crippen LogP) is 1.68. The zero-order valence-corrected chi connectivity index (χ0v) is 10.7. The lowest BCUT2D eigenvalue weighted by Gasteiger charge is -2.20. The summed E-state index contributed by atoms with van der Waals surface area (Å²) in [5.41, 5.74) is 1.29. The summed E-state index contributed by atoms with van der Waals surface area (Å²) in [6, 6.07) is 6.64. The molecule has 0 amide bonds. The van der Waals surface area contributed by atoms with Crippen molar-refractivity contribution in [3.05, 3.63) is 23.8 Å². The van der Waals surface area contributed by atoms with E-state index in [1.54, 1.807) is 0 Å². The predicted molar refractivity (Wildman–Crippen MR) is 70.0 cm³/mol. The second kappa shape index (κ2) is 5.16. The fourth-order valence-electron chi connectivity index (χ4n) is 2.80. The minimum atomic E-state index is 0.343. The Morgan fingerprint density at radius 3 is 3.06 bits per heavy atom. The SMILES string of the molecule is CNC(CC1CCNC1)c1ccc2c(c1)OCO2. The Kier molecular flexibility index (Phi) is 3.39. The molecule has 2 aliphatic rings. The van der Waals surface area contributed by atoms with Gasteiger partial charge in [-0.2, -0.15) is 0 Å². The highest BCUT2D eigenvalue weighted by Crippen LogP contribution is 2.35. The highest BCUT2D eigenvalue weighted by Gasteiger charge is 2.22. The Bertz CT molecular complexity index is 416. The molecule has 2 unspecified atom stereocenters. The van der Waals surface area contributed by atoms with Crippen molar-refractivity contribution in [1.29, 1.82) is 0 Å². The van der Waals surface area contributed by atoms with Crippen molar-refractivity contribution in [2.75, 3.05) is 26.9 Å². The van der Waals surface area contributed by atoms with Gasteiger partial charge in [0, 0.05) is 6.04 Å². The second-order valence-electron chi connectivity index (χ2n) is 5.05. The third-order valence-corrected chi connectivity index (χ3v) is 3.88. The van der Waals surface area contributed by atoms with Crippen molar-refractivity contribution < 1.29 is 9.47 Å². The molecule has 0 spiro atoms. The average molecular weight is 248 g/mol. The fraction of sp³-hybridized carbons (Fsp3) is 0.571. The molecule has 3 rings (SSSR count). The van der Waals surface area contributed by atoms with E-state index in [4.69, 9.17) is 9.47 Å². The maximum atomic E-state index is 5.44. The minimum Gasteiger partial charge on any atom is -0.454 e. The van der Waals surface area contributed by atoms with Gasteiger partial charge in [0.2, 0.25) is 6.79 Å². The number of benzene rings is 1. The summed E-state index contributed by atoms with van der Waals surface area (Å²) < 4.78 is 10.8. The van der Waals surface area contributed by atoms with Crippen LogP contribution in [0.4, 0.5) is 0 Å². The van der Waals surface area contributed by atoms with Crippen molar-refractivity contribution >= 4 is 0 Å². The molecule has 1 aromatic rings. The molecule has 1 saturated heterocycles. The van der Waals surface area contributed by atoms with Gasteiger partial charge in [0.15, 0.2) is 11.5 Å². The van der Waals surface area contributed by atoms with Crippen LogP contribution in [-0.2, 0) is 0 Å². The third-order valence-electron chi connectivity index (χ3n) is 3.88. The maximum Gasteiger partial charge on any atom is 0.231 e. The molecule has 98 valence electrons. The molecular formula is C14H20N2O2. The van der Waals surface area contributed by atoms with Gasteiger partial charge in [-0.1, -0.05) is 6.07 Å². The van der Waals surface area contributed by atoms with Gasteiger partial charge in [-0.25, -0.2) is 0 Å². The Balaban J connectivity index is 1.74. The number of hydrogen-bond acceptors (Lipinski definition) is 4. The van der Waals surface area contributed by atoms with E-state index in [9.17, 15) is 0 Å². The van der Waals surface area contributed by atoms with E-state index in [-0.39, 0.29) is 0 Å². The van der Waals surface area contributed by atoms with Crippen LogP contribution < -0.4 is 20.1 Å². The molecule has 1 aromatic carbocycles. The first-order valence-corrected chi connectivity index (χ1v) is 6.64. The minimum absolute atomic E-state index is 0.343. The van der Waals surface area contributed by atoms with E-state index in [2.05, 4.69) is 22.8 Å². The number of nitrogens with one attached hydrogen (secondary N) is 2. The van der Waals surface area contributed by atoms with Gasteiger partial charge in [0.25, 0.3) is 0 Å². The molecule has 2 heterocycles. The largest absolute Gasteiger partial charge is 0.454 e. The van der Waals surface area contributed by atoms with E-state index in [1.807, 2.05) is 13.1 Å². The molecule has 1 fully saturated rings. The molecule has 2 N–H and O–H groups in total. The van der Waals surface area contributed by atoms with Gasteiger partial charge in [0.05, 0.1) is 0 Å². The highest BCUT2D eigenvalue weighted by molar-refractivity contribution is 5.45. The quantitative estimate of drug-likeness (QED) is 0.850. The van der Waals surface area contributed by atoms with Gasteiger partial charge in [-0.3, -0.25) is 0 Å². The molecule has 0 radical (unpaired) electrons. The lowest BCUT2D eigenvalue weighted by Crippen LogP contribution is -2.21. The summed E-state index contributed by atoms with van der Waals surface area (Å²) in [6.07, 6.45) is 2.45. The molecule has 0 bridgehead atoms. The number of rotatable bonds is 4. The van der Waals surface area contributed by atoms with Crippen LogP contribution in [0.15, 0.2) is 18.2 Å². The molecule has 2 aliphatic heterocycles. The van der Waals surface area contributed by atoms with Gasteiger partial charge in [-0.15, -0.1) is 0 Å². The molecule has 0 saturated carbocycles. The fourth-order valence-corrected chi connectivity index (χ4v) is 2.80. The first-order valence-electron chi connectivity index (χ1n) is 6.64. The van der Waals surface area contributed by atoms with Crippen LogP contribution in [0.3, 0.4) is 0 Å². The first kappa shape index (κ1) is 11.8. The Morgan fingerprint density at radius 1 is 1.39 bits per heavy atom. The summed E-state index contributed by atoms with van der Waals surface area (Å²) in [7, 11) is 2.03. The Morgan fingerprint density at radius 2 is 2.28 bits per heavy atom. The van der Waals surface area contributed by atoms with E-state index >= 15 is 0 Å². The topological polar surface area (TPSA) is 42.5 Å². The van der Waals surface area contributed by atoms with Gasteiger partial charge < -0.3 is 20.1 Å². The second-order valence-corrected chi connectivity index (χ2v) is 5.05. The molecule has 18 heavy (non-hydrogen) atoms. The summed E-state index contributed by atoms with van der Waals surface area (Å²) in [5, 5.41) is 6.83. The number of fused-ring (bicyclic) bond motifs is 1. The first-order chi connectivity index (χ1) is 8.86. The van der Waals surface area contributed by atoms with Crippen molar-refractivity contribution in [2.45, 2.75) is 18.9 Å². The van der Waals surface area contributed by atoms with Crippen LogP contribution >= 0.6 is 0 Å². The molecule has 4 nitrogen and oxygen atoms in total. The van der Waals surface area contributed by atoms with Crippen molar-refractivity contribution in [1.82, 2.24) is 10.6 Å². The molecule has 2 atom stereocenters.